The molecule has 3 atom stereocenters. The smallest absolute Gasteiger partial charge is 0.338 e. The van der Waals surface area contributed by atoms with Crippen LogP contribution in [-0.2, 0) is 9.47 Å². The Kier molecular flexibility index (Phi) is 5.04. The zero-order chi connectivity index (χ0) is 16.3. The number of ether oxygens (including phenoxy) is 2. The fourth-order valence-corrected chi connectivity index (χ4v) is 2.80. The zero-order valence-electron chi connectivity index (χ0n) is 13.6. The molecule has 0 spiro atoms. The number of aliphatic hydroxyl groups excluding tert-OH is 1. The van der Waals surface area contributed by atoms with Gasteiger partial charge in [-0.05, 0) is 42.5 Å². The van der Waals surface area contributed by atoms with Gasteiger partial charge in [-0.1, -0.05) is 32.0 Å². The first kappa shape index (κ1) is 16.7. The second-order valence-electron chi connectivity index (χ2n) is 6.51. The molecule has 2 rings (SSSR count). The van der Waals surface area contributed by atoms with Crippen LogP contribution >= 0.6 is 0 Å². The van der Waals surface area contributed by atoms with Crippen molar-refractivity contribution in [2.45, 2.75) is 45.5 Å². The largest absolute Gasteiger partial charge is 0.452 e. The third-order valence-electron chi connectivity index (χ3n) is 4.30. The number of methoxy groups -OCH3 is 1. The summed E-state index contributed by atoms with van der Waals surface area (Å²) in [4.78, 5) is 12.2. The second-order valence-corrected chi connectivity index (χ2v) is 6.51. The summed E-state index contributed by atoms with van der Waals surface area (Å²) in [5.74, 6) is -0.430. The zero-order valence-corrected chi connectivity index (χ0v) is 13.6. The molecule has 0 amide bonds. The highest BCUT2D eigenvalue weighted by atomic mass is 16.6. The van der Waals surface area contributed by atoms with E-state index < -0.39 is 23.6 Å². The van der Waals surface area contributed by atoms with Gasteiger partial charge in [0.1, 0.15) is 6.10 Å². The Hall–Kier alpha value is -1.65. The summed E-state index contributed by atoms with van der Waals surface area (Å²) in [6, 6.07) is 8.81. The molecule has 1 aliphatic carbocycles. The molecule has 4 nitrogen and oxygen atoms in total. The molecular weight excluding hydrogens is 280 g/mol. The average molecular weight is 304 g/mol. The van der Waals surface area contributed by atoms with Crippen molar-refractivity contribution in [2.75, 3.05) is 7.11 Å². The van der Waals surface area contributed by atoms with Gasteiger partial charge < -0.3 is 14.6 Å². The van der Waals surface area contributed by atoms with Crippen LogP contribution in [0.3, 0.4) is 0 Å². The molecule has 0 aromatic heterocycles. The lowest BCUT2D eigenvalue weighted by molar-refractivity contribution is -0.0551. The molecule has 1 N–H and O–H groups in total. The van der Waals surface area contributed by atoms with Crippen molar-refractivity contribution in [1.29, 1.82) is 0 Å². The van der Waals surface area contributed by atoms with Crippen LogP contribution in [-0.4, -0.2) is 36.5 Å². The van der Waals surface area contributed by atoms with Crippen LogP contribution in [0.2, 0.25) is 0 Å². The summed E-state index contributed by atoms with van der Waals surface area (Å²) < 4.78 is 11.0. The minimum Gasteiger partial charge on any atom is -0.452 e. The van der Waals surface area contributed by atoms with E-state index in [0.717, 1.165) is 5.57 Å². The minimum absolute atomic E-state index is 0.0786. The number of carbonyl (C=O) groups excluding carboxylic acids is 1. The number of carbonyl (C=O) groups is 1. The quantitative estimate of drug-likeness (QED) is 0.689. The molecule has 0 saturated heterocycles. The maximum atomic E-state index is 12.2. The van der Waals surface area contributed by atoms with E-state index >= 15 is 0 Å². The van der Waals surface area contributed by atoms with Crippen LogP contribution in [0, 0.1) is 5.41 Å². The topological polar surface area (TPSA) is 55.8 Å². The SMILES string of the molecule is COC1CC(C)(C)C(O)C(OC(=O)c2ccccc2)C=C1C. The molecule has 1 aromatic carbocycles. The van der Waals surface area contributed by atoms with E-state index in [1.807, 2.05) is 26.8 Å². The maximum absolute atomic E-state index is 12.2. The Morgan fingerprint density at radius 2 is 1.91 bits per heavy atom. The van der Waals surface area contributed by atoms with Gasteiger partial charge in [-0.15, -0.1) is 0 Å². The molecule has 1 aromatic rings. The van der Waals surface area contributed by atoms with Gasteiger partial charge in [-0.3, -0.25) is 0 Å². The van der Waals surface area contributed by atoms with Crippen LogP contribution in [0.5, 0.6) is 0 Å². The summed E-state index contributed by atoms with van der Waals surface area (Å²) >= 11 is 0. The van der Waals surface area contributed by atoms with E-state index in [-0.39, 0.29) is 6.10 Å². The van der Waals surface area contributed by atoms with Gasteiger partial charge >= 0.3 is 5.97 Å². The Balaban J connectivity index is 2.24. The lowest BCUT2D eigenvalue weighted by Gasteiger charge is -2.33. The first-order chi connectivity index (χ1) is 10.3. The summed E-state index contributed by atoms with van der Waals surface area (Å²) in [6.45, 7) is 5.85. The Morgan fingerprint density at radius 1 is 1.27 bits per heavy atom. The number of rotatable bonds is 3. The Labute approximate surface area is 131 Å². The molecule has 0 saturated carbocycles. The molecule has 1 aliphatic rings. The van der Waals surface area contributed by atoms with E-state index in [1.165, 1.54) is 0 Å². The fourth-order valence-electron chi connectivity index (χ4n) is 2.80. The molecule has 22 heavy (non-hydrogen) atoms. The molecule has 0 bridgehead atoms. The van der Waals surface area contributed by atoms with Crippen molar-refractivity contribution in [3.63, 3.8) is 0 Å². The van der Waals surface area contributed by atoms with E-state index in [1.54, 1.807) is 37.5 Å². The molecule has 3 unspecified atom stereocenters. The molecule has 0 aliphatic heterocycles. The number of hydrogen-bond donors (Lipinski definition) is 1. The van der Waals surface area contributed by atoms with Crippen molar-refractivity contribution in [3.05, 3.63) is 47.5 Å². The van der Waals surface area contributed by atoms with Gasteiger partial charge in [-0.25, -0.2) is 4.79 Å². The van der Waals surface area contributed by atoms with Gasteiger partial charge in [0.25, 0.3) is 0 Å². The third-order valence-corrected chi connectivity index (χ3v) is 4.30. The third kappa shape index (κ3) is 3.57. The van der Waals surface area contributed by atoms with Crippen LogP contribution in [0.4, 0.5) is 0 Å². The fraction of sp³-hybridized carbons (Fsp3) is 0.500. The highest BCUT2D eigenvalue weighted by Gasteiger charge is 2.40. The van der Waals surface area contributed by atoms with Crippen molar-refractivity contribution in [3.8, 4) is 0 Å². The van der Waals surface area contributed by atoms with Gasteiger partial charge in [-0.2, -0.15) is 0 Å². The van der Waals surface area contributed by atoms with E-state index in [4.69, 9.17) is 9.47 Å². The number of aliphatic hydroxyl groups is 1. The summed E-state index contributed by atoms with van der Waals surface area (Å²) in [5, 5.41) is 10.6. The van der Waals surface area contributed by atoms with Crippen LogP contribution in [0.15, 0.2) is 42.0 Å². The average Bonchev–Trinajstić information content (AvgIpc) is 2.58. The Morgan fingerprint density at radius 3 is 2.50 bits per heavy atom. The lowest BCUT2D eigenvalue weighted by atomic mass is 9.80. The molecule has 4 heteroatoms. The van der Waals surface area contributed by atoms with Crippen molar-refractivity contribution < 1.29 is 19.4 Å². The second kappa shape index (κ2) is 6.63. The first-order valence-corrected chi connectivity index (χ1v) is 7.50. The summed E-state index contributed by atoms with van der Waals surface area (Å²) in [5.41, 5.74) is 1.03. The van der Waals surface area contributed by atoms with E-state index in [9.17, 15) is 9.90 Å². The van der Waals surface area contributed by atoms with Crippen LogP contribution in [0.25, 0.3) is 0 Å². The lowest BCUT2D eigenvalue weighted by Crippen LogP contribution is -2.41. The predicted molar refractivity (Wildman–Crippen MR) is 84.6 cm³/mol. The van der Waals surface area contributed by atoms with E-state index in [2.05, 4.69) is 0 Å². The number of benzene rings is 1. The molecule has 0 heterocycles. The molecular formula is C18H24O4. The van der Waals surface area contributed by atoms with Gasteiger partial charge in [0.05, 0.1) is 17.8 Å². The monoisotopic (exact) mass is 304 g/mol. The normalized spacial score (nSPS) is 27.7. The van der Waals surface area contributed by atoms with E-state index in [0.29, 0.717) is 12.0 Å². The van der Waals surface area contributed by atoms with Crippen LogP contribution in [0.1, 0.15) is 37.6 Å². The van der Waals surface area contributed by atoms with Gasteiger partial charge in [0.2, 0.25) is 0 Å². The predicted octanol–water partition coefficient (Wildman–Crippen LogP) is 2.96. The van der Waals surface area contributed by atoms with Crippen LogP contribution < -0.4 is 0 Å². The molecule has 0 fully saturated rings. The van der Waals surface area contributed by atoms with Crippen molar-refractivity contribution in [1.82, 2.24) is 0 Å². The maximum Gasteiger partial charge on any atom is 0.338 e. The highest BCUT2D eigenvalue weighted by molar-refractivity contribution is 5.89. The van der Waals surface area contributed by atoms with Crippen molar-refractivity contribution >= 4 is 5.97 Å². The van der Waals surface area contributed by atoms with Gasteiger partial charge in [0, 0.05) is 7.11 Å². The molecule has 0 radical (unpaired) electrons. The minimum atomic E-state index is -0.782. The summed E-state index contributed by atoms with van der Waals surface area (Å²) in [6.07, 6.45) is 0.934. The summed E-state index contributed by atoms with van der Waals surface area (Å²) in [7, 11) is 1.65. The Bertz CT molecular complexity index is 547. The van der Waals surface area contributed by atoms with Gasteiger partial charge in [0.15, 0.2) is 0 Å². The number of esters is 1. The highest BCUT2D eigenvalue weighted by Crippen LogP contribution is 2.36. The van der Waals surface area contributed by atoms with Crippen molar-refractivity contribution in [2.24, 2.45) is 5.41 Å². The standard InChI is InChI=1S/C18H24O4/c1-12-10-14(16(19)18(2,3)11-15(12)21-4)22-17(20)13-8-6-5-7-9-13/h5-10,14-16,19H,11H2,1-4H3. The number of hydrogen-bond acceptors (Lipinski definition) is 4. The molecule has 120 valence electrons. The first-order valence-electron chi connectivity index (χ1n) is 7.50.